The third kappa shape index (κ3) is 29.5. The molecule has 4 aromatic rings. The van der Waals surface area contributed by atoms with Gasteiger partial charge < -0.3 is 40.9 Å². The SMILES string of the molecule is CCCC(O)C(CCC)C(O)CC.CCCCC(C(O)CC)C(O)CCC.O=C(O)c1ccccc1.O=C(O)c1ccccc1.O=C(O)c1ccccc1.O=C(O)c1ccccc1. The van der Waals surface area contributed by atoms with Crippen molar-refractivity contribution >= 4 is 23.9 Å². The van der Waals surface area contributed by atoms with Crippen LogP contribution < -0.4 is 0 Å². The van der Waals surface area contributed by atoms with E-state index in [0.717, 1.165) is 70.6 Å². The summed E-state index contributed by atoms with van der Waals surface area (Å²) in [5.41, 5.74) is 1.32. The van der Waals surface area contributed by atoms with Crippen molar-refractivity contribution in [3.05, 3.63) is 144 Å². The lowest BCUT2D eigenvalue weighted by molar-refractivity contribution is 0.000885. The van der Waals surface area contributed by atoms with E-state index in [-0.39, 0.29) is 36.3 Å². The van der Waals surface area contributed by atoms with Gasteiger partial charge in [0.25, 0.3) is 0 Å². The molecule has 6 unspecified atom stereocenters. The van der Waals surface area contributed by atoms with Crippen LogP contribution in [-0.4, -0.2) is 89.1 Å². The Labute approximate surface area is 374 Å². The number of benzene rings is 4. The van der Waals surface area contributed by atoms with E-state index < -0.39 is 23.9 Å². The Morgan fingerprint density at radius 1 is 0.349 bits per heavy atom. The third-order valence-electron chi connectivity index (χ3n) is 9.58. The highest BCUT2D eigenvalue weighted by Gasteiger charge is 2.25. The molecule has 8 N–H and O–H groups in total. The Balaban J connectivity index is 0. The lowest BCUT2D eigenvalue weighted by Crippen LogP contribution is -2.31. The molecule has 4 rings (SSSR count). The van der Waals surface area contributed by atoms with Crippen LogP contribution in [0.2, 0.25) is 0 Å². The first-order valence-electron chi connectivity index (χ1n) is 21.9. The number of unbranched alkanes of at least 4 members (excludes halogenated alkanes) is 1. The summed E-state index contributed by atoms with van der Waals surface area (Å²) in [6.07, 6.45) is 8.91. The molecule has 12 heteroatoms. The standard InChI is InChI=1S/C12H26O2.C11H24O2.4C7H6O2/c1-4-7-9-10(11(13)6-3)12(14)8-5-2;1-4-7-9(10(12)6-3)11(13)8-5-2;4*8-7(9)6-4-2-1-3-5-6/h10-14H,4-9H2,1-3H3;9-13H,4-8H2,1-3H3;4*1-5H,(H,8,9). The van der Waals surface area contributed by atoms with E-state index in [2.05, 4.69) is 27.7 Å². The first kappa shape index (κ1) is 59.7. The summed E-state index contributed by atoms with van der Waals surface area (Å²) in [7, 11) is 0. The number of aliphatic hydroxyl groups excluding tert-OH is 4. The van der Waals surface area contributed by atoms with Gasteiger partial charge in [-0.25, -0.2) is 19.2 Å². The summed E-state index contributed by atoms with van der Waals surface area (Å²) in [6.45, 7) is 12.3. The first-order valence-corrected chi connectivity index (χ1v) is 21.9. The molecule has 0 radical (unpaired) electrons. The maximum atomic E-state index is 10.2. The van der Waals surface area contributed by atoms with E-state index in [1.165, 1.54) is 0 Å². The quantitative estimate of drug-likeness (QED) is 0.0440. The number of hydrogen-bond donors (Lipinski definition) is 8. The van der Waals surface area contributed by atoms with Gasteiger partial charge in [-0.05, 0) is 87.1 Å². The minimum atomic E-state index is -0.879. The Hall–Kier alpha value is -5.40. The van der Waals surface area contributed by atoms with Crippen LogP contribution in [0, 0.1) is 11.8 Å². The van der Waals surface area contributed by atoms with Crippen LogP contribution in [0.25, 0.3) is 0 Å². The van der Waals surface area contributed by atoms with Gasteiger partial charge >= 0.3 is 23.9 Å². The molecule has 4 aromatic carbocycles. The summed E-state index contributed by atoms with van der Waals surface area (Å²) in [5, 5.41) is 72.7. The van der Waals surface area contributed by atoms with E-state index in [9.17, 15) is 39.6 Å². The van der Waals surface area contributed by atoms with Crippen molar-refractivity contribution in [3.8, 4) is 0 Å². The fourth-order valence-electron chi connectivity index (χ4n) is 6.00. The predicted octanol–water partition coefficient (Wildman–Crippen LogP) is 10.6. The smallest absolute Gasteiger partial charge is 0.335 e. The van der Waals surface area contributed by atoms with Crippen LogP contribution in [-0.2, 0) is 0 Å². The molecule has 0 aromatic heterocycles. The molecule has 0 bridgehead atoms. The van der Waals surface area contributed by atoms with Gasteiger partial charge in [-0.3, -0.25) is 0 Å². The molecule has 0 spiro atoms. The molecule has 63 heavy (non-hydrogen) atoms. The number of carboxylic acids is 4. The second kappa shape index (κ2) is 38.3. The molecule has 12 nitrogen and oxygen atoms in total. The largest absolute Gasteiger partial charge is 0.478 e. The molecule has 0 aliphatic carbocycles. The van der Waals surface area contributed by atoms with Crippen molar-refractivity contribution in [2.45, 2.75) is 137 Å². The van der Waals surface area contributed by atoms with Crippen molar-refractivity contribution < 1.29 is 60.0 Å². The fourth-order valence-corrected chi connectivity index (χ4v) is 6.00. The van der Waals surface area contributed by atoms with Gasteiger partial charge in [0.05, 0.1) is 46.7 Å². The minimum Gasteiger partial charge on any atom is -0.478 e. The van der Waals surface area contributed by atoms with Crippen LogP contribution in [0.5, 0.6) is 0 Å². The van der Waals surface area contributed by atoms with Crippen molar-refractivity contribution in [1.29, 1.82) is 0 Å². The van der Waals surface area contributed by atoms with Gasteiger partial charge in [0.15, 0.2) is 0 Å². The molecular weight excluding hydrogens is 805 g/mol. The van der Waals surface area contributed by atoms with Gasteiger partial charge in [0.1, 0.15) is 0 Å². The van der Waals surface area contributed by atoms with Crippen LogP contribution in [0.4, 0.5) is 0 Å². The van der Waals surface area contributed by atoms with Crippen LogP contribution in [0.15, 0.2) is 121 Å². The summed E-state index contributed by atoms with van der Waals surface area (Å²) >= 11 is 0. The Morgan fingerprint density at radius 2 is 0.587 bits per heavy atom. The molecule has 0 aliphatic heterocycles. The summed E-state index contributed by atoms with van der Waals surface area (Å²) in [6, 6.07) is 33.2. The number of aliphatic hydroxyl groups is 4. The second-order valence-corrected chi connectivity index (χ2v) is 14.6. The van der Waals surface area contributed by atoms with E-state index in [1.807, 2.05) is 13.8 Å². The van der Waals surface area contributed by atoms with Gasteiger partial charge in [-0.2, -0.15) is 0 Å². The van der Waals surface area contributed by atoms with Crippen molar-refractivity contribution in [2.24, 2.45) is 11.8 Å². The third-order valence-corrected chi connectivity index (χ3v) is 9.58. The molecule has 0 saturated carbocycles. The Bertz CT molecular complexity index is 1510. The maximum Gasteiger partial charge on any atom is 0.335 e. The number of aromatic carboxylic acids is 4. The molecule has 0 amide bonds. The lowest BCUT2D eigenvalue weighted by atomic mass is 9.87. The normalized spacial score (nSPS) is 12.8. The van der Waals surface area contributed by atoms with E-state index in [0.29, 0.717) is 22.3 Å². The highest BCUT2D eigenvalue weighted by molar-refractivity contribution is 5.88. The number of rotatable bonds is 19. The average molecular weight is 879 g/mol. The van der Waals surface area contributed by atoms with Crippen LogP contribution >= 0.6 is 0 Å². The molecule has 350 valence electrons. The zero-order chi connectivity index (χ0) is 48.0. The predicted molar refractivity (Wildman–Crippen MR) is 249 cm³/mol. The summed E-state index contributed by atoms with van der Waals surface area (Å²) < 4.78 is 0. The molecule has 0 saturated heterocycles. The van der Waals surface area contributed by atoms with Crippen LogP contribution in [0.3, 0.4) is 0 Å². The molecule has 0 heterocycles. The summed E-state index contributed by atoms with van der Waals surface area (Å²) in [4.78, 5) is 40.8. The Morgan fingerprint density at radius 3 is 0.762 bits per heavy atom. The number of hydrogen-bond acceptors (Lipinski definition) is 8. The highest BCUT2D eigenvalue weighted by Crippen LogP contribution is 2.23. The topological polar surface area (TPSA) is 230 Å². The molecule has 0 fully saturated rings. The molecular formula is C51H74O12. The van der Waals surface area contributed by atoms with Crippen molar-refractivity contribution in [3.63, 3.8) is 0 Å². The number of carbonyl (C=O) groups is 4. The highest BCUT2D eigenvalue weighted by atomic mass is 16.4. The Kier molecular flexibility index (Phi) is 36.3. The van der Waals surface area contributed by atoms with E-state index >= 15 is 0 Å². The monoisotopic (exact) mass is 879 g/mol. The van der Waals surface area contributed by atoms with Crippen molar-refractivity contribution in [1.82, 2.24) is 0 Å². The molecule has 0 aliphatic rings. The zero-order valence-corrected chi connectivity index (χ0v) is 38.0. The first-order chi connectivity index (χ1) is 30.1. The zero-order valence-electron chi connectivity index (χ0n) is 38.0. The minimum absolute atomic E-state index is 0.0787. The maximum absolute atomic E-state index is 10.2. The fraction of sp³-hybridized carbons (Fsp3) is 0.451. The van der Waals surface area contributed by atoms with Gasteiger partial charge in [-0.1, -0.05) is 146 Å². The van der Waals surface area contributed by atoms with Gasteiger partial charge in [0, 0.05) is 11.8 Å². The van der Waals surface area contributed by atoms with Gasteiger partial charge in [0.2, 0.25) is 0 Å². The van der Waals surface area contributed by atoms with Crippen molar-refractivity contribution in [2.75, 3.05) is 0 Å². The summed E-state index contributed by atoms with van der Waals surface area (Å²) in [5.74, 6) is -3.35. The molecule has 6 atom stereocenters. The average Bonchev–Trinajstić information content (AvgIpc) is 3.30. The van der Waals surface area contributed by atoms with E-state index in [4.69, 9.17) is 20.4 Å². The van der Waals surface area contributed by atoms with Gasteiger partial charge in [-0.15, -0.1) is 0 Å². The second-order valence-electron chi connectivity index (χ2n) is 14.6. The van der Waals surface area contributed by atoms with E-state index in [1.54, 1.807) is 121 Å². The van der Waals surface area contributed by atoms with Crippen LogP contribution in [0.1, 0.15) is 154 Å². The lowest BCUT2D eigenvalue weighted by Gasteiger charge is -2.26. The number of carboxylic acid groups (broad SMARTS) is 4.